The molecule has 5 heteroatoms. The number of hydrogen-bond acceptors (Lipinski definition) is 2. The van der Waals surface area contributed by atoms with Crippen molar-refractivity contribution in [1.82, 2.24) is 0 Å². The van der Waals surface area contributed by atoms with E-state index in [0.29, 0.717) is 5.02 Å². The van der Waals surface area contributed by atoms with Gasteiger partial charge in [-0.3, -0.25) is 4.79 Å². The van der Waals surface area contributed by atoms with E-state index in [9.17, 15) is 4.79 Å². The molecule has 3 nitrogen and oxygen atoms in total. The second-order valence-electron chi connectivity index (χ2n) is 3.76. The van der Waals surface area contributed by atoms with Crippen molar-refractivity contribution >= 4 is 39.2 Å². The molecule has 0 unspecified atom stereocenters. The number of benzene rings is 1. The molecule has 0 saturated carbocycles. The Labute approximate surface area is 114 Å². The summed E-state index contributed by atoms with van der Waals surface area (Å²) >= 11 is 9.32. The molecule has 0 fully saturated rings. The maximum absolute atomic E-state index is 10.3. The van der Waals surface area contributed by atoms with Gasteiger partial charge < -0.3 is 10.4 Å². The molecule has 0 bridgehead atoms. The summed E-state index contributed by atoms with van der Waals surface area (Å²) in [5.41, 5.74) is 0.968. The molecule has 94 valence electrons. The Hall–Kier alpha value is -0.740. The molecule has 0 heterocycles. The van der Waals surface area contributed by atoms with Crippen LogP contribution in [0.1, 0.15) is 25.7 Å². The fraction of sp³-hybridized carbons (Fsp3) is 0.417. The number of anilines is 1. The summed E-state index contributed by atoms with van der Waals surface area (Å²) in [4.78, 5) is 10.3. The van der Waals surface area contributed by atoms with Crippen molar-refractivity contribution in [3.63, 3.8) is 0 Å². The molecule has 0 aliphatic heterocycles. The molecule has 0 radical (unpaired) electrons. The van der Waals surface area contributed by atoms with E-state index >= 15 is 0 Å². The third-order valence-corrected chi connectivity index (χ3v) is 3.24. The lowest BCUT2D eigenvalue weighted by Gasteiger charge is -2.08. The smallest absolute Gasteiger partial charge is 0.303 e. The predicted octanol–water partition coefficient (Wildman–Crippen LogP) is 4.16. The first kappa shape index (κ1) is 14.3. The molecule has 0 aliphatic rings. The molecule has 17 heavy (non-hydrogen) atoms. The monoisotopic (exact) mass is 319 g/mol. The molecule has 0 atom stereocenters. The quantitative estimate of drug-likeness (QED) is 0.742. The van der Waals surface area contributed by atoms with Crippen LogP contribution in [-0.2, 0) is 4.79 Å². The van der Waals surface area contributed by atoms with Crippen molar-refractivity contribution in [3.8, 4) is 0 Å². The number of nitrogens with one attached hydrogen (secondary N) is 1. The van der Waals surface area contributed by atoms with Crippen LogP contribution in [0.15, 0.2) is 22.7 Å². The lowest BCUT2D eigenvalue weighted by atomic mass is 10.2. The summed E-state index contributed by atoms with van der Waals surface area (Å²) < 4.78 is 0.979. The zero-order valence-electron chi connectivity index (χ0n) is 9.38. The Kier molecular flexibility index (Phi) is 6.37. The van der Waals surface area contributed by atoms with E-state index in [1.165, 1.54) is 0 Å². The first-order valence-corrected chi connectivity index (χ1v) is 6.67. The molecular formula is C12H15BrClNO2. The van der Waals surface area contributed by atoms with Gasteiger partial charge in [-0.2, -0.15) is 0 Å². The van der Waals surface area contributed by atoms with E-state index in [0.717, 1.165) is 36.0 Å². The van der Waals surface area contributed by atoms with Gasteiger partial charge >= 0.3 is 5.97 Å². The zero-order valence-corrected chi connectivity index (χ0v) is 11.7. The average molecular weight is 321 g/mol. The number of halogens is 2. The zero-order chi connectivity index (χ0) is 12.7. The van der Waals surface area contributed by atoms with E-state index in [4.69, 9.17) is 16.7 Å². The fourth-order valence-corrected chi connectivity index (χ4v) is 1.99. The number of unbranched alkanes of at least 4 members (excludes halogenated alkanes) is 2. The largest absolute Gasteiger partial charge is 0.481 e. The van der Waals surface area contributed by atoms with Gasteiger partial charge in [0.05, 0.1) is 0 Å². The predicted molar refractivity (Wildman–Crippen MR) is 73.7 cm³/mol. The summed E-state index contributed by atoms with van der Waals surface area (Å²) in [6.07, 6.45) is 2.85. The standard InChI is InChI=1S/C12H15BrClNO2/c13-10-6-5-9(14)8-11(10)15-7-3-1-2-4-12(16)17/h5-6,8,15H,1-4,7H2,(H,16,17). The lowest BCUT2D eigenvalue weighted by Crippen LogP contribution is -2.02. The summed E-state index contributed by atoms with van der Waals surface area (Å²) in [5, 5.41) is 12.4. The summed E-state index contributed by atoms with van der Waals surface area (Å²) in [6, 6.07) is 5.58. The molecule has 0 saturated heterocycles. The maximum atomic E-state index is 10.3. The highest BCUT2D eigenvalue weighted by molar-refractivity contribution is 9.10. The van der Waals surface area contributed by atoms with Crippen molar-refractivity contribution in [2.45, 2.75) is 25.7 Å². The van der Waals surface area contributed by atoms with Gasteiger partial charge in [-0.25, -0.2) is 0 Å². The van der Waals surface area contributed by atoms with Gasteiger partial charge in [0.25, 0.3) is 0 Å². The first-order valence-electron chi connectivity index (χ1n) is 5.50. The molecule has 0 amide bonds. The molecule has 1 aromatic rings. The van der Waals surface area contributed by atoms with Crippen molar-refractivity contribution in [3.05, 3.63) is 27.7 Å². The Balaban J connectivity index is 2.22. The van der Waals surface area contributed by atoms with Crippen molar-refractivity contribution in [1.29, 1.82) is 0 Å². The minimum Gasteiger partial charge on any atom is -0.481 e. The lowest BCUT2D eigenvalue weighted by molar-refractivity contribution is -0.137. The van der Waals surface area contributed by atoms with Crippen molar-refractivity contribution in [2.75, 3.05) is 11.9 Å². The van der Waals surface area contributed by atoms with E-state index in [1.807, 2.05) is 18.2 Å². The minimum absolute atomic E-state index is 0.251. The van der Waals surface area contributed by atoms with E-state index < -0.39 is 5.97 Å². The number of hydrogen-bond donors (Lipinski definition) is 2. The fourth-order valence-electron chi connectivity index (χ4n) is 1.43. The van der Waals surface area contributed by atoms with Crippen LogP contribution in [0.5, 0.6) is 0 Å². The highest BCUT2D eigenvalue weighted by atomic mass is 79.9. The Morgan fingerprint density at radius 2 is 2.12 bits per heavy atom. The summed E-state index contributed by atoms with van der Waals surface area (Å²) in [5.74, 6) is -0.726. The Morgan fingerprint density at radius 1 is 1.35 bits per heavy atom. The second-order valence-corrected chi connectivity index (χ2v) is 5.05. The molecule has 0 aromatic heterocycles. The number of carboxylic acids is 1. The van der Waals surface area contributed by atoms with E-state index in [1.54, 1.807) is 0 Å². The first-order chi connectivity index (χ1) is 8.09. The number of carbonyl (C=O) groups is 1. The highest BCUT2D eigenvalue weighted by Crippen LogP contribution is 2.25. The van der Waals surface area contributed by atoms with Gasteiger partial charge in [0.15, 0.2) is 0 Å². The van der Waals surface area contributed by atoms with Gasteiger partial charge in [0.1, 0.15) is 0 Å². The SMILES string of the molecule is O=C(O)CCCCCNc1cc(Cl)ccc1Br. The van der Waals surface area contributed by atoms with E-state index in [2.05, 4.69) is 21.2 Å². The van der Waals surface area contributed by atoms with Crippen LogP contribution < -0.4 is 5.32 Å². The Morgan fingerprint density at radius 3 is 2.82 bits per heavy atom. The van der Waals surface area contributed by atoms with Gasteiger partial charge in [-0.15, -0.1) is 0 Å². The van der Waals surface area contributed by atoms with Crippen molar-refractivity contribution in [2.24, 2.45) is 0 Å². The van der Waals surface area contributed by atoms with Crippen LogP contribution >= 0.6 is 27.5 Å². The normalized spacial score (nSPS) is 10.2. The second kappa shape index (κ2) is 7.56. The van der Waals surface area contributed by atoms with Crippen molar-refractivity contribution < 1.29 is 9.90 Å². The summed E-state index contributed by atoms with van der Waals surface area (Å²) in [6.45, 7) is 0.818. The highest BCUT2D eigenvalue weighted by Gasteiger charge is 2.00. The van der Waals surface area contributed by atoms with Gasteiger partial charge in [-0.05, 0) is 47.0 Å². The number of rotatable bonds is 7. The van der Waals surface area contributed by atoms with Gasteiger partial charge in [-0.1, -0.05) is 18.0 Å². The average Bonchev–Trinajstić information content (AvgIpc) is 2.27. The van der Waals surface area contributed by atoms with Gasteiger partial charge in [0.2, 0.25) is 0 Å². The molecular weight excluding hydrogens is 305 g/mol. The third-order valence-electron chi connectivity index (χ3n) is 2.31. The van der Waals surface area contributed by atoms with Crippen LogP contribution in [-0.4, -0.2) is 17.6 Å². The minimum atomic E-state index is -0.726. The molecule has 2 N–H and O–H groups in total. The van der Waals surface area contributed by atoms with Gasteiger partial charge in [0, 0.05) is 28.1 Å². The van der Waals surface area contributed by atoms with Crippen LogP contribution in [0.25, 0.3) is 0 Å². The molecule has 1 rings (SSSR count). The van der Waals surface area contributed by atoms with E-state index in [-0.39, 0.29) is 6.42 Å². The third kappa shape index (κ3) is 5.94. The van der Waals surface area contributed by atoms with Crippen LogP contribution in [0.2, 0.25) is 5.02 Å². The maximum Gasteiger partial charge on any atom is 0.303 e. The summed E-state index contributed by atoms with van der Waals surface area (Å²) in [7, 11) is 0. The van der Waals surface area contributed by atoms with Crippen LogP contribution in [0.3, 0.4) is 0 Å². The number of aliphatic carboxylic acids is 1. The molecule has 0 spiro atoms. The van der Waals surface area contributed by atoms with Crippen LogP contribution in [0.4, 0.5) is 5.69 Å². The van der Waals surface area contributed by atoms with Crippen LogP contribution in [0, 0.1) is 0 Å². The number of carboxylic acid groups (broad SMARTS) is 1. The molecule has 0 aliphatic carbocycles. The Bertz CT molecular complexity index is 385. The molecule has 1 aromatic carbocycles. The topological polar surface area (TPSA) is 49.3 Å².